The Morgan fingerprint density at radius 1 is 1.77 bits per heavy atom. The molecule has 0 atom stereocenters. The highest BCUT2D eigenvalue weighted by atomic mass is 32.2. The van der Waals surface area contributed by atoms with Crippen molar-refractivity contribution in [1.82, 2.24) is 10.2 Å². The van der Waals surface area contributed by atoms with Gasteiger partial charge < -0.3 is 5.32 Å². The van der Waals surface area contributed by atoms with E-state index in [0.29, 0.717) is 6.54 Å². The monoisotopic (exact) mass is 203 g/mol. The predicted molar refractivity (Wildman–Crippen MR) is 53.0 cm³/mol. The minimum Gasteiger partial charge on any atom is -0.374 e. The summed E-state index contributed by atoms with van der Waals surface area (Å²) in [6, 6.07) is 0. The number of thioether (sulfide) groups is 1. The van der Waals surface area contributed by atoms with Gasteiger partial charge in [0.2, 0.25) is 0 Å². The average Bonchev–Trinajstić information content (AvgIpc) is 2.50. The van der Waals surface area contributed by atoms with Crippen LogP contribution in [0.1, 0.15) is 0 Å². The van der Waals surface area contributed by atoms with Crippen LogP contribution in [-0.2, 0) is 0 Å². The molecule has 5 nitrogen and oxygen atoms in total. The molecular formula is C7H13N3O2S. The zero-order valence-corrected chi connectivity index (χ0v) is 8.56. The van der Waals surface area contributed by atoms with Gasteiger partial charge in [-0.1, -0.05) is 0 Å². The number of likely N-dealkylation sites (N-methyl/N-ethyl adjacent to an activating group) is 1. The summed E-state index contributed by atoms with van der Waals surface area (Å²) < 4.78 is 0. The van der Waals surface area contributed by atoms with Gasteiger partial charge in [-0.3, -0.25) is 15.0 Å². The van der Waals surface area contributed by atoms with Crippen molar-refractivity contribution in [2.75, 3.05) is 32.9 Å². The normalized spacial score (nSPS) is 20.2. The quantitative estimate of drug-likeness (QED) is 0.529. The van der Waals surface area contributed by atoms with Crippen LogP contribution in [0.4, 0.5) is 0 Å². The molecule has 13 heavy (non-hydrogen) atoms. The van der Waals surface area contributed by atoms with Gasteiger partial charge in [0, 0.05) is 12.3 Å². The van der Waals surface area contributed by atoms with E-state index >= 15 is 0 Å². The van der Waals surface area contributed by atoms with Gasteiger partial charge in [0.05, 0.1) is 11.5 Å². The highest BCUT2D eigenvalue weighted by Crippen LogP contribution is 2.22. The Labute approximate surface area is 81.3 Å². The third-order valence-electron chi connectivity index (χ3n) is 1.58. The molecule has 0 saturated carbocycles. The molecule has 0 aromatic rings. The molecule has 1 saturated heterocycles. The maximum Gasteiger partial charge on any atom is 0.289 e. The molecule has 0 spiro atoms. The third kappa shape index (κ3) is 2.89. The second-order valence-corrected chi connectivity index (χ2v) is 4.15. The molecule has 1 rings (SSSR count). The minimum atomic E-state index is -0.305. The van der Waals surface area contributed by atoms with Gasteiger partial charge in [0.15, 0.2) is 0 Å². The highest BCUT2D eigenvalue weighted by Gasteiger charge is 2.22. The predicted octanol–water partition coefficient (Wildman–Crippen LogP) is 0.330. The molecule has 0 radical (unpaired) electrons. The molecule has 1 fully saturated rings. The van der Waals surface area contributed by atoms with E-state index in [1.165, 1.54) is 11.8 Å². The Morgan fingerprint density at radius 2 is 2.46 bits per heavy atom. The van der Waals surface area contributed by atoms with Crippen molar-refractivity contribution in [3.63, 3.8) is 0 Å². The first-order chi connectivity index (χ1) is 6.11. The van der Waals surface area contributed by atoms with Gasteiger partial charge in [-0.15, -0.1) is 11.8 Å². The van der Waals surface area contributed by atoms with Gasteiger partial charge in [-0.05, 0) is 14.1 Å². The van der Waals surface area contributed by atoms with Crippen LogP contribution in [0.5, 0.6) is 0 Å². The maximum absolute atomic E-state index is 10.7. The Balaban J connectivity index is 2.76. The van der Waals surface area contributed by atoms with E-state index in [9.17, 15) is 10.1 Å². The van der Waals surface area contributed by atoms with E-state index in [-0.39, 0.29) is 10.6 Å². The van der Waals surface area contributed by atoms with E-state index < -0.39 is 0 Å². The number of hydrogen-bond donors (Lipinski definition) is 1. The van der Waals surface area contributed by atoms with Crippen LogP contribution in [0, 0.1) is 10.1 Å². The molecule has 1 aliphatic rings. The Kier molecular flexibility index (Phi) is 3.56. The van der Waals surface area contributed by atoms with Crippen molar-refractivity contribution in [1.29, 1.82) is 0 Å². The van der Waals surface area contributed by atoms with Crippen LogP contribution in [0.3, 0.4) is 0 Å². The van der Waals surface area contributed by atoms with Crippen LogP contribution in [-0.4, -0.2) is 42.8 Å². The number of nitro groups is 1. The summed E-state index contributed by atoms with van der Waals surface area (Å²) in [5, 5.41) is 14.4. The summed E-state index contributed by atoms with van der Waals surface area (Å²) in [4.78, 5) is 12.2. The fraction of sp³-hybridized carbons (Fsp3) is 0.714. The minimum absolute atomic E-state index is 0.271. The molecule has 1 heterocycles. The van der Waals surface area contributed by atoms with Gasteiger partial charge in [0.1, 0.15) is 5.03 Å². The molecule has 1 aliphatic heterocycles. The Morgan fingerprint density at radius 3 is 2.85 bits per heavy atom. The molecule has 0 bridgehead atoms. The van der Waals surface area contributed by atoms with Crippen LogP contribution in [0.25, 0.3) is 0 Å². The van der Waals surface area contributed by atoms with Gasteiger partial charge in [-0.25, -0.2) is 0 Å². The largest absolute Gasteiger partial charge is 0.374 e. The van der Waals surface area contributed by atoms with Crippen molar-refractivity contribution in [3.05, 3.63) is 20.8 Å². The van der Waals surface area contributed by atoms with Crippen LogP contribution in [0.15, 0.2) is 10.7 Å². The lowest BCUT2D eigenvalue weighted by molar-refractivity contribution is -0.428. The zero-order valence-electron chi connectivity index (χ0n) is 7.74. The Hall–Kier alpha value is -0.750. The van der Waals surface area contributed by atoms with Gasteiger partial charge in [-0.2, -0.15) is 0 Å². The first kappa shape index (κ1) is 10.3. The molecule has 74 valence electrons. The van der Waals surface area contributed by atoms with Crippen molar-refractivity contribution >= 4 is 11.8 Å². The van der Waals surface area contributed by atoms with Crippen molar-refractivity contribution in [2.24, 2.45) is 0 Å². The molecule has 0 aromatic carbocycles. The Bertz CT molecular complexity index is 232. The molecule has 6 heteroatoms. The van der Waals surface area contributed by atoms with E-state index in [4.69, 9.17) is 0 Å². The molecule has 1 N–H and O–H groups in total. The second-order valence-electron chi connectivity index (χ2n) is 3.05. The lowest BCUT2D eigenvalue weighted by atomic mass is 10.4. The van der Waals surface area contributed by atoms with Crippen LogP contribution < -0.4 is 5.32 Å². The maximum atomic E-state index is 10.7. The lowest BCUT2D eigenvalue weighted by Crippen LogP contribution is -2.22. The van der Waals surface area contributed by atoms with Gasteiger partial charge in [0.25, 0.3) is 5.70 Å². The summed E-state index contributed by atoms with van der Waals surface area (Å²) in [5.74, 6) is 0.917. The van der Waals surface area contributed by atoms with E-state index in [1.54, 1.807) is 4.90 Å². The number of nitrogens with zero attached hydrogens (tertiary/aromatic N) is 2. The first-order valence-electron chi connectivity index (χ1n) is 4.00. The van der Waals surface area contributed by atoms with E-state index in [1.807, 2.05) is 14.1 Å². The van der Waals surface area contributed by atoms with Crippen molar-refractivity contribution < 1.29 is 4.92 Å². The fourth-order valence-electron chi connectivity index (χ4n) is 1.07. The van der Waals surface area contributed by atoms with Crippen molar-refractivity contribution in [2.45, 2.75) is 0 Å². The molecule has 0 unspecified atom stereocenters. The van der Waals surface area contributed by atoms with Crippen LogP contribution >= 0.6 is 11.8 Å². The summed E-state index contributed by atoms with van der Waals surface area (Å²) in [5.41, 5.74) is 0.271. The third-order valence-corrected chi connectivity index (χ3v) is 2.66. The summed E-state index contributed by atoms with van der Waals surface area (Å²) >= 11 is 1.52. The van der Waals surface area contributed by atoms with Crippen molar-refractivity contribution in [3.8, 4) is 0 Å². The first-order valence-corrected chi connectivity index (χ1v) is 4.98. The van der Waals surface area contributed by atoms with E-state index in [2.05, 4.69) is 5.32 Å². The number of hydrogen-bond acceptors (Lipinski definition) is 5. The highest BCUT2D eigenvalue weighted by molar-refractivity contribution is 8.03. The number of rotatable bonds is 3. The van der Waals surface area contributed by atoms with Gasteiger partial charge >= 0.3 is 0 Å². The number of nitrogens with one attached hydrogen (secondary N) is 1. The SMILES string of the molecule is CN(C)CC(=C1NCCS1)[N+](=O)[O-]. The molecule has 0 aliphatic carbocycles. The summed E-state index contributed by atoms with van der Waals surface area (Å²) in [7, 11) is 3.65. The molecular weight excluding hydrogens is 190 g/mol. The lowest BCUT2D eigenvalue weighted by Gasteiger charge is -2.08. The standard InChI is InChI=1S/C7H13N3O2S/c1-9(2)5-6(10(11)12)7-8-3-4-13-7/h8H,3-5H2,1-2H3. The van der Waals surface area contributed by atoms with Crippen LogP contribution in [0.2, 0.25) is 0 Å². The fourth-order valence-corrected chi connectivity index (χ4v) is 1.98. The topological polar surface area (TPSA) is 58.4 Å². The molecule has 0 aromatic heterocycles. The summed E-state index contributed by atoms with van der Waals surface area (Å²) in [6.07, 6.45) is 0. The second kappa shape index (κ2) is 4.48. The molecule has 0 amide bonds. The zero-order chi connectivity index (χ0) is 9.84. The summed E-state index contributed by atoms with van der Waals surface area (Å²) in [6.45, 7) is 1.20. The smallest absolute Gasteiger partial charge is 0.289 e. The van der Waals surface area contributed by atoms with E-state index in [0.717, 1.165) is 17.3 Å². The average molecular weight is 203 g/mol.